The van der Waals surface area contributed by atoms with E-state index in [0.29, 0.717) is 22.3 Å². The van der Waals surface area contributed by atoms with Gasteiger partial charge in [0, 0.05) is 21.9 Å². The molecule has 0 aliphatic heterocycles. The lowest BCUT2D eigenvalue weighted by Gasteiger charge is -2.08. The van der Waals surface area contributed by atoms with Gasteiger partial charge in [-0.25, -0.2) is 9.97 Å². The van der Waals surface area contributed by atoms with Gasteiger partial charge in [0.25, 0.3) is 0 Å². The van der Waals surface area contributed by atoms with E-state index in [-0.39, 0.29) is 12.3 Å². The Morgan fingerprint density at radius 2 is 1.78 bits per heavy atom. The van der Waals surface area contributed by atoms with Crippen LogP contribution in [-0.4, -0.2) is 30.1 Å². The number of hydrogen-bond acceptors (Lipinski definition) is 7. The number of nitrogens with one attached hydrogen (secondary N) is 1. The van der Waals surface area contributed by atoms with Crippen molar-refractivity contribution in [2.24, 2.45) is 0 Å². The molecule has 8 heteroatoms. The summed E-state index contributed by atoms with van der Waals surface area (Å²) in [6.45, 7) is 4.14. The molecule has 0 unspecified atom stereocenters. The monoisotopic (exact) mass is 465 g/mol. The lowest BCUT2D eigenvalue weighted by Crippen LogP contribution is -2.14. The van der Waals surface area contributed by atoms with Crippen LogP contribution < -0.4 is 14.8 Å². The molecule has 1 N–H and O–H groups in total. The molecule has 2 aromatic carbocycles. The fraction of sp³-hybridized carbons (Fsp3) is 0.208. The van der Waals surface area contributed by atoms with Gasteiger partial charge in [-0.15, -0.1) is 22.7 Å². The summed E-state index contributed by atoms with van der Waals surface area (Å²) < 4.78 is 10.6. The van der Waals surface area contributed by atoms with Crippen molar-refractivity contribution in [3.8, 4) is 33.3 Å². The molecule has 0 radical (unpaired) electrons. The Morgan fingerprint density at radius 3 is 2.53 bits per heavy atom. The van der Waals surface area contributed by atoms with Crippen molar-refractivity contribution >= 4 is 33.7 Å². The van der Waals surface area contributed by atoms with E-state index in [2.05, 4.69) is 47.3 Å². The molecule has 0 atom stereocenters. The average molecular weight is 466 g/mol. The van der Waals surface area contributed by atoms with Gasteiger partial charge in [-0.2, -0.15) is 0 Å². The Morgan fingerprint density at radius 1 is 0.969 bits per heavy atom. The van der Waals surface area contributed by atoms with E-state index in [0.717, 1.165) is 21.8 Å². The first-order valence-corrected chi connectivity index (χ1v) is 11.7. The second kappa shape index (κ2) is 9.50. The minimum atomic E-state index is -0.143. The minimum absolute atomic E-state index is 0.143. The van der Waals surface area contributed by atoms with Crippen LogP contribution in [0.1, 0.15) is 16.8 Å². The van der Waals surface area contributed by atoms with Crippen LogP contribution in [0.3, 0.4) is 0 Å². The highest BCUT2D eigenvalue weighted by Gasteiger charge is 2.14. The number of anilines is 1. The zero-order valence-electron chi connectivity index (χ0n) is 18.3. The van der Waals surface area contributed by atoms with Gasteiger partial charge >= 0.3 is 0 Å². The van der Waals surface area contributed by atoms with Crippen molar-refractivity contribution in [2.45, 2.75) is 20.3 Å². The number of carbonyl (C=O) groups excluding carboxylic acids is 1. The van der Waals surface area contributed by atoms with E-state index >= 15 is 0 Å². The van der Waals surface area contributed by atoms with Crippen LogP contribution >= 0.6 is 22.7 Å². The van der Waals surface area contributed by atoms with Crippen LogP contribution in [0.25, 0.3) is 21.8 Å². The number of aromatic nitrogens is 2. The van der Waals surface area contributed by atoms with Crippen molar-refractivity contribution in [3.05, 3.63) is 64.0 Å². The number of rotatable bonds is 7. The number of nitrogens with zero attached hydrogens (tertiary/aromatic N) is 2. The SMILES string of the molecule is COc1ccc(-c2nc(CC(=O)Nc3nc(-c4ccc(C)cc4C)cs3)cs2)cc1OC. The number of thiazole rings is 2. The number of carbonyl (C=O) groups is 1. The van der Waals surface area contributed by atoms with Gasteiger partial charge in [-0.05, 0) is 37.6 Å². The molecule has 1 amide bonds. The van der Waals surface area contributed by atoms with Crippen LogP contribution in [0, 0.1) is 13.8 Å². The van der Waals surface area contributed by atoms with Crippen LogP contribution in [0.4, 0.5) is 5.13 Å². The molecule has 0 aliphatic rings. The van der Waals surface area contributed by atoms with Crippen LogP contribution in [-0.2, 0) is 11.2 Å². The molecule has 2 aromatic heterocycles. The second-order valence-corrected chi connectivity index (χ2v) is 9.01. The topological polar surface area (TPSA) is 73.3 Å². The van der Waals surface area contributed by atoms with E-state index in [4.69, 9.17) is 9.47 Å². The molecule has 0 fully saturated rings. The molecule has 2 heterocycles. The summed E-state index contributed by atoms with van der Waals surface area (Å²) in [5.41, 5.74) is 5.95. The van der Waals surface area contributed by atoms with E-state index in [1.807, 2.05) is 29.0 Å². The second-order valence-electron chi connectivity index (χ2n) is 7.29. The molecule has 0 saturated carbocycles. The number of aryl methyl sites for hydroxylation is 2. The first kappa shape index (κ1) is 22.0. The molecule has 4 aromatic rings. The van der Waals surface area contributed by atoms with Crippen LogP contribution in [0.15, 0.2) is 47.2 Å². The van der Waals surface area contributed by atoms with E-state index < -0.39 is 0 Å². The highest BCUT2D eigenvalue weighted by atomic mass is 32.1. The van der Waals surface area contributed by atoms with Gasteiger partial charge in [0.05, 0.1) is 32.0 Å². The molecule has 32 heavy (non-hydrogen) atoms. The van der Waals surface area contributed by atoms with Crippen molar-refractivity contribution in [2.75, 3.05) is 19.5 Å². The van der Waals surface area contributed by atoms with Crippen molar-refractivity contribution in [1.82, 2.24) is 9.97 Å². The smallest absolute Gasteiger partial charge is 0.232 e. The highest BCUT2D eigenvalue weighted by Crippen LogP contribution is 2.34. The maximum Gasteiger partial charge on any atom is 0.232 e. The number of benzene rings is 2. The summed E-state index contributed by atoms with van der Waals surface area (Å²) in [6.07, 6.45) is 0.183. The molecule has 6 nitrogen and oxygen atoms in total. The fourth-order valence-corrected chi connectivity index (χ4v) is 4.92. The number of ether oxygens (including phenoxy) is 2. The summed E-state index contributed by atoms with van der Waals surface area (Å²) in [7, 11) is 3.20. The molecule has 164 valence electrons. The van der Waals surface area contributed by atoms with E-state index in [1.165, 1.54) is 33.8 Å². The maximum atomic E-state index is 12.6. The summed E-state index contributed by atoms with van der Waals surface area (Å²) in [5.74, 6) is 1.16. The number of amides is 1. The Hall–Kier alpha value is -3.23. The van der Waals surface area contributed by atoms with Gasteiger partial charge in [-0.1, -0.05) is 23.8 Å². The Bertz CT molecular complexity index is 1260. The van der Waals surface area contributed by atoms with Gasteiger partial charge < -0.3 is 14.8 Å². The third kappa shape index (κ3) is 4.81. The van der Waals surface area contributed by atoms with E-state index in [9.17, 15) is 4.79 Å². The number of methoxy groups -OCH3 is 2. The third-order valence-corrected chi connectivity index (χ3v) is 6.63. The minimum Gasteiger partial charge on any atom is -0.493 e. The molecular formula is C24H23N3O3S2. The largest absolute Gasteiger partial charge is 0.493 e. The molecule has 0 spiro atoms. The lowest BCUT2D eigenvalue weighted by atomic mass is 10.0. The van der Waals surface area contributed by atoms with Crippen molar-refractivity contribution in [1.29, 1.82) is 0 Å². The number of hydrogen-bond donors (Lipinski definition) is 1. The van der Waals surface area contributed by atoms with E-state index in [1.54, 1.807) is 14.2 Å². The average Bonchev–Trinajstić information content (AvgIpc) is 3.43. The highest BCUT2D eigenvalue weighted by molar-refractivity contribution is 7.14. The molecule has 0 aliphatic carbocycles. The quantitative estimate of drug-likeness (QED) is 0.376. The predicted molar refractivity (Wildman–Crippen MR) is 130 cm³/mol. The summed E-state index contributed by atoms with van der Waals surface area (Å²) in [5, 5.41) is 8.15. The molecule has 0 saturated heterocycles. The standard InChI is InChI=1S/C24H23N3O3S2/c1-14-5-7-18(15(2)9-14)19-13-32-24(26-19)27-22(28)11-17-12-31-23(25-17)16-6-8-20(29-3)21(10-16)30-4/h5-10,12-13H,11H2,1-4H3,(H,26,27,28). The Balaban J connectivity index is 1.42. The lowest BCUT2D eigenvalue weighted by molar-refractivity contribution is -0.115. The predicted octanol–water partition coefficient (Wildman–Crippen LogP) is 5.75. The molecule has 4 rings (SSSR count). The fourth-order valence-electron chi connectivity index (χ4n) is 3.37. The normalized spacial score (nSPS) is 10.8. The molecule has 0 bridgehead atoms. The van der Waals surface area contributed by atoms with Crippen molar-refractivity contribution < 1.29 is 14.3 Å². The van der Waals surface area contributed by atoms with Gasteiger partial charge in [0.15, 0.2) is 16.6 Å². The zero-order valence-corrected chi connectivity index (χ0v) is 19.9. The van der Waals surface area contributed by atoms with Gasteiger partial charge in [0.1, 0.15) is 5.01 Å². The third-order valence-electron chi connectivity index (χ3n) is 4.93. The summed E-state index contributed by atoms with van der Waals surface area (Å²) >= 11 is 2.91. The van der Waals surface area contributed by atoms with Crippen molar-refractivity contribution in [3.63, 3.8) is 0 Å². The zero-order chi connectivity index (χ0) is 22.7. The van der Waals surface area contributed by atoms with Crippen LogP contribution in [0.2, 0.25) is 0 Å². The van der Waals surface area contributed by atoms with Gasteiger partial charge in [0.2, 0.25) is 5.91 Å². The molecular weight excluding hydrogens is 442 g/mol. The summed E-state index contributed by atoms with van der Waals surface area (Å²) in [4.78, 5) is 21.7. The Kier molecular flexibility index (Phi) is 6.53. The first-order valence-electron chi connectivity index (χ1n) is 9.96. The van der Waals surface area contributed by atoms with Crippen LogP contribution in [0.5, 0.6) is 11.5 Å². The Labute approximate surface area is 194 Å². The maximum absolute atomic E-state index is 12.6. The first-order chi connectivity index (χ1) is 15.5. The van der Waals surface area contributed by atoms with Gasteiger partial charge in [-0.3, -0.25) is 4.79 Å². The summed E-state index contributed by atoms with van der Waals surface area (Å²) in [6, 6.07) is 11.9.